The summed E-state index contributed by atoms with van der Waals surface area (Å²) in [6.07, 6.45) is 3.50. The van der Waals surface area contributed by atoms with Crippen molar-refractivity contribution in [2.75, 3.05) is 26.2 Å². The minimum absolute atomic E-state index is 0.00170. The Balaban J connectivity index is 2.05. The number of ether oxygens (including phenoxy) is 2. The molecule has 0 saturated carbocycles. The van der Waals surface area contributed by atoms with E-state index >= 15 is 0 Å². The summed E-state index contributed by atoms with van der Waals surface area (Å²) in [5.41, 5.74) is 0. The lowest BCUT2D eigenvalue weighted by Gasteiger charge is -2.05. The second-order valence-electron chi connectivity index (χ2n) is 3.48. The van der Waals surface area contributed by atoms with Gasteiger partial charge in [-0.3, -0.25) is 0 Å². The molecule has 4 heteroatoms. The lowest BCUT2D eigenvalue weighted by atomic mass is 10.2. The lowest BCUT2D eigenvalue weighted by Crippen LogP contribution is -2.13. The molecule has 1 N–H and O–H groups in total. The van der Waals surface area contributed by atoms with E-state index in [0.717, 1.165) is 34.2 Å². The van der Waals surface area contributed by atoms with Gasteiger partial charge in [-0.2, -0.15) is 0 Å². The van der Waals surface area contributed by atoms with E-state index in [1.165, 1.54) is 0 Å². The van der Waals surface area contributed by atoms with Crippen molar-refractivity contribution in [3.63, 3.8) is 0 Å². The van der Waals surface area contributed by atoms with Crippen molar-refractivity contribution in [3.8, 4) is 11.8 Å². The fourth-order valence-electron chi connectivity index (χ4n) is 1.43. The standard InChI is InChI=1S/C11H19O3P/c1-15-9-13-7-3-2-4-10-5-6-11(8-12)14-10/h10-12,15H,3,5-9H2,1H3. The first-order valence-corrected chi connectivity index (χ1v) is 7.04. The van der Waals surface area contributed by atoms with Gasteiger partial charge < -0.3 is 14.6 Å². The van der Waals surface area contributed by atoms with Crippen LogP contribution in [0, 0.1) is 11.8 Å². The Morgan fingerprint density at radius 2 is 2.40 bits per heavy atom. The molecule has 0 bridgehead atoms. The van der Waals surface area contributed by atoms with Crippen molar-refractivity contribution in [3.05, 3.63) is 0 Å². The van der Waals surface area contributed by atoms with Gasteiger partial charge in [-0.25, -0.2) is 0 Å². The summed E-state index contributed by atoms with van der Waals surface area (Å²) in [4.78, 5) is 0. The number of aliphatic hydroxyl groups excluding tert-OH is 1. The zero-order valence-corrected chi connectivity index (χ0v) is 10.2. The maximum Gasteiger partial charge on any atom is 0.118 e. The Hall–Kier alpha value is -0.130. The SMILES string of the molecule is CPCOCCC#CC1CCC(CO)O1. The van der Waals surface area contributed by atoms with E-state index in [2.05, 4.69) is 18.5 Å². The molecule has 1 aliphatic heterocycles. The first-order valence-electron chi connectivity index (χ1n) is 5.34. The normalized spacial score (nSPS) is 25.7. The van der Waals surface area contributed by atoms with E-state index in [1.54, 1.807) is 0 Å². The van der Waals surface area contributed by atoms with Crippen LogP contribution in [0.4, 0.5) is 0 Å². The topological polar surface area (TPSA) is 38.7 Å². The Morgan fingerprint density at radius 3 is 3.07 bits per heavy atom. The molecule has 0 radical (unpaired) electrons. The fraction of sp³-hybridized carbons (Fsp3) is 0.818. The van der Waals surface area contributed by atoms with Gasteiger partial charge in [0.15, 0.2) is 0 Å². The van der Waals surface area contributed by atoms with Crippen LogP contribution in [-0.4, -0.2) is 43.5 Å². The van der Waals surface area contributed by atoms with Gasteiger partial charge >= 0.3 is 0 Å². The maximum atomic E-state index is 8.86. The smallest absolute Gasteiger partial charge is 0.118 e. The first-order chi connectivity index (χ1) is 7.36. The van der Waals surface area contributed by atoms with Gasteiger partial charge in [0.05, 0.1) is 25.7 Å². The molecule has 0 spiro atoms. The predicted molar refractivity (Wildman–Crippen MR) is 62.4 cm³/mol. The molecule has 0 aromatic rings. The molecule has 3 atom stereocenters. The minimum atomic E-state index is 0.00170. The summed E-state index contributed by atoms with van der Waals surface area (Å²) >= 11 is 0. The van der Waals surface area contributed by atoms with Crippen LogP contribution in [-0.2, 0) is 9.47 Å². The van der Waals surface area contributed by atoms with Gasteiger partial charge in [-0.15, -0.1) is 0 Å². The van der Waals surface area contributed by atoms with Gasteiger partial charge in [0, 0.05) is 6.42 Å². The molecule has 0 amide bonds. The molecule has 0 aromatic carbocycles. The van der Waals surface area contributed by atoms with Gasteiger partial charge in [-0.1, -0.05) is 20.4 Å². The van der Waals surface area contributed by atoms with Crippen molar-refractivity contribution >= 4 is 8.58 Å². The van der Waals surface area contributed by atoms with Gasteiger partial charge in [0.2, 0.25) is 0 Å². The fourth-order valence-corrected chi connectivity index (χ4v) is 1.78. The average molecular weight is 230 g/mol. The summed E-state index contributed by atoms with van der Waals surface area (Å²) in [5, 5.41) is 8.86. The Bertz CT molecular complexity index is 222. The van der Waals surface area contributed by atoms with Crippen molar-refractivity contribution in [1.82, 2.24) is 0 Å². The number of hydrogen-bond acceptors (Lipinski definition) is 3. The predicted octanol–water partition coefficient (Wildman–Crippen LogP) is 1.20. The summed E-state index contributed by atoms with van der Waals surface area (Å²) in [5.74, 6) is 6.11. The highest BCUT2D eigenvalue weighted by molar-refractivity contribution is 7.36. The molecular weight excluding hydrogens is 211 g/mol. The highest BCUT2D eigenvalue weighted by Crippen LogP contribution is 2.18. The van der Waals surface area contributed by atoms with Crippen molar-refractivity contribution < 1.29 is 14.6 Å². The van der Waals surface area contributed by atoms with E-state index < -0.39 is 0 Å². The van der Waals surface area contributed by atoms with E-state index in [4.69, 9.17) is 14.6 Å². The molecule has 1 fully saturated rings. The molecule has 3 nitrogen and oxygen atoms in total. The molecule has 1 rings (SSSR count). The van der Waals surface area contributed by atoms with E-state index in [9.17, 15) is 0 Å². The van der Waals surface area contributed by atoms with Crippen LogP contribution in [0.15, 0.2) is 0 Å². The third-order valence-corrected chi connectivity index (χ3v) is 2.68. The molecule has 0 aromatic heterocycles. The highest BCUT2D eigenvalue weighted by Gasteiger charge is 2.22. The second-order valence-corrected chi connectivity index (χ2v) is 4.48. The monoisotopic (exact) mass is 230 g/mol. The van der Waals surface area contributed by atoms with Crippen LogP contribution in [0.3, 0.4) is 0 Å². The number of hydrogen-bond donors (Lipinski definition) is 1. The number of rotatable bonds is 5. The third kappa shape index (κ3) is 5.49. The molecule has 15 heavy (non-hydrogen) atoms. The van der Waals surface area contributed by atoms with Crippen molar-refractivity contribution in [2.45, 2.75) is 31.5 Å². The van der Waals surface area contributed by atoms with Crippen LogP contribution in [0.25, 0.3) is 0 Å². The minimum Gasteiger partial charge on any atom is -0.394 e. The van der Waals surface area contributed by atoms with E-state index in [0.29, 0.717) is 6.61 Å². The Labute approximate surface area is 93.3 Å². The second kappa shape index (κ2) is 8.07. The zero-order valence-electron chi connectivity index (χ0n) is 9.16. The zero-order chi connectivity index (χ0) is 10.9. The van der Waals surface area contributed by atoms with Gasteiger partial charge in [0.1, 0.15) is 6.10 Å². The van der Waals surface area contributed by atoms with Crippen LogP contribution >= 0.6 is 8.58 Å². The van der Waals surface area contributed by atoms with E-state index in [1.807, 2.05) is 0 Å². The quantitative estimate of drug-likeness (QED) is 0.438. The summed E-state index contributed by atoms with van der Waals surface area (Å²) in [6, 6.07) is 0. The summed E-state index contributed by atoms with van der Waals surface area (Å²) in [7, 11) is 0.849. The molecule has 86 valence electrons. The Kier molecular flexibility index (Phi) is 6.96. The average Bonchev–Trinajstić information content (AvgIpc) is 2.71. The molecular formula is C11H19O3P. The van der Waals surface area contributed by atoms with E-state index in [-0.39, 0.29) is 18.8 Å². The molecule has 1 aliphatic rings. The molecule has 1 heterocycles. The van der Waals surface area contributed by atoms with Crippen LogP contribution in [0.1, 0.15) is 19.3 Å². The maximum absolute atomic E-state index is 8.86. The largest absolute Gasteiger partial charge is 0.394 e. The third-order valence-electron chi connectivity index (χ3n) is 2.19. The molecule has 0 aliphatic carbocycles. The molecule has 1 saturated heterocycles. The van der Waals surface area contributed by atoms with Crippen LogP contribution in [0.2, 0.25) is 0 Å². The first kappa shape index (κ1) is 12.9. The Morgan fingerprint density at radius 1 is 1.53 bits per heavy atom. The lowest BCUT2D eigenvalue weighted by molar-refractivity contribution is 0.0345. The van der Waals surface area contributed by atoms with Gasteiger partial charge in [-0.05, 0) is 19.5 Å². The number of aliphatic hydroxyl groups is 1. The summed E-state index contributed by atoms with van der Waals surface area (Å²) < 4.78 is 10.8. The van der Waals surface area contributed by atoms with Crippen molar-refractivity contribution in [1.29, 1.82) is 0 Å². The van der Waals surface area contributed by atoms with Crippen LogP contribution < -0.4 is 0 Å². The van der Waals surface area contributed by atoms with Crippen molar-refractivity contribution in [2.24, 2.45) is 0 Å². The van der Waals surface area contributed by atoms with Gasteiger partial charge in [0.25, 0.3) is 0 Å². The van der Waals surface area contributed by atoms with Crippen LogP contribution in [0.5, 0.6) is 0 Å². The highest BCUT2D eigenvalue weighted by atomic mass is 31.1. The molecule has 3 unspecified atom stereocenters. The summed E-state index contributed by atoms with van der Waals surface area (Å²) in [6.45, 7) is 2.94.